The van der Waals surface area contributed by atoms with Crippen molar-refractivity contribution in [3.8, 4) is 23.8 Å². The van der Waals surface area contributed by atoms with E-state index in [0.29, 0.717) is 17.1 Å². The molecule has 1 aromatic rings. The number of carbonyl (C=O) groups is 3. The molecule has 7 nitrogen and oxygen atoms in total. The molecule has 0 bridgehead atoms. The van der Waals surface area contributed by atoms with Crippen LogP contribution in [0.3, 0.4) is 0 Å². The number of nitrogens with zero attached hydrogens (tertiary/aromatic N) is 1. The number of ether oxygens (including phenoxy) is 3. The molecule has 1 aliphatic rings. The van der Waals surface area contributed by atoms with E-state index < -0.39 is 23.7 Å². The first kappa shape index (κ1) is 20.1. The molecule has 0 unspecified atom stereocenters. The molecule has 0 spiro atoms. The number of imide groups is 1. The van der Waals surface area contributed by atoms with Gasteiger partial charge in [0, 0.05) is 0 Å². The Labute approximate surface area is 168 Å². The summed E-state index contributed by atoms with van der Waals surface area (Å²) in [6.07, 6.45) is 6.76. The van der Waals surface area contributed by atoms with Gasteiger partial charge in [0.05, 0.1) is 22.7 Å². The number of esters is 1. The van der Waals surface area contributed by atoms with Crippen molar-refractivity contribution in [1.82, 2.24) is 4.90 Å². The molecular weight excluding hydrogens is 473 g/mol. The Morgan fingerprint density at radius 3 is 2.73 bits per heavy atom. The Kier molecular flexibility index (Phi) is 6.93. The predicted molar refractivity (Wildman–Crippen MR) is 105 cm³/mol. The summed E-state index contributed by atoms with van der Waals surface area (Å²) in [6, 6.07) is 3.44. The Balaban J connectivity index is 2.31. The van der Waals surface area contributed by atoms with Crippen LogP contribution in [0.2, 0.25) is 0 Å². The minimum atomic E-state index is -0.667. The fourth-order valence-electron chi connectivity index (χ4n) is 2.06. The van der Waals surface area contributed by atoms with Crippen LogP contribution >= 0.6 is 34.4 Å². The van der Waals surface area contributed by atoms with Crippen LogP contribution in [-0.4, -0.2) is 49.4 Å². The quantitative estimate of drug-likeness (QED) is 0.264. The maximum Gasteiger partial charge on any atom is 0.325 e. The zero-order valence-corrected chi connectivity index (χ0v) is 16.9. The Morgan fingerprint density at radius 1 is 1.38 bits per heavy atom. The maximum absolute atomic E-state index is 12.3. The molecular formula is C17H14INO6S. The van der Waals surface area contributed by atoms with Gasteiger partial charge in [-0.05, 0) is 58.1 Å². The van der Waals surface area contributed by atoms with E-state index in [4.69, 9.17) is 15.9 Å². The van der Waals surface area contributed by atoms with Gasteiger partial charge in [0.2, 0.25) is 0 Å². The van der Waals surface area contributed by atoms with Gasteiger partial charge in [-0.15, -0.1) is 6.42 Å². The number of terminal acetylenes is 1. The van der Waals surface area contributed by atoms with Crippen molar-refractivity contribution in [3.63, 3.8) is 0 Å². The van der Waals surface area contributed by atoms with Gasteiger partial charge in [-0.1, -0.05) is 5.92 Å². The third kappa shape index (κ3) is 4.50. The van der Waals surface area contributed by atoms with E-state index in [1.54, 1.807) is 18.2 Å². The van der Waals surface area contributed by atoms with Crippen molar-refractivity contribution < 1.29 is 28.6 Å². The van der Waals surface area contributed by atoms with E-state index in [1.807, 2.05) is 0 Å². The summed E-state index contributed by atoms with van der Waals surface area (Å²) in [5.74, 6) is 2.12. The lowest BCUT2D eigenvalue weighted by atomic mass is 10.2. The highest BCUT2D eigenvalue weighted by molar-refractivity contribution is 14.1. The van der Waals surface area contributed by atoms with Gasteiger partial charge >= 0.3 is 5.97 Å². The number of halogens is 1. The van der Waals surface area contributed by atoms with Gasteiger partial charge in [-0.25, -0.2) is 0 Å². The standard InChI is InChI=1S/C17H14INO6S/c1-4-5-25-15-11(18)6-10(7-12(15)23-2)8-13-16(21)19(17(22)26-13)9-14(20)24-3/h1,6-8H,5,9H2,2-3H3. The van der Waals surface area contributed by atoms with E-state index >= 15 is 0 Å². The van der Waals surface area contributed by atoms with Gasteiger partial charge in [0.1, 0.15) is 13.2 Å². The van der Waals surface area contributed by atoms with Crippen molar-refractivity contribution >= 4 is 57.5 Å². The highest BCUT2D eigenvalue weighted by Gasteiger charge is 2.36. The van der Waals surface area contributed by atoms with E-state index in [0.717, 1.165) is 20.2 Å². The first-order valence-electron chi connectivity index (χ1n) is 7.17. The summed E-state index contributed by atoms with van der Waals surface area (Å²) in [7, 11) is 2.68. The summed E-state index contributed by atoms with van der Waals surface area (Å²) in [5, 5.41) is -0.526. The molecule has 1 saturated heterocycles. The van der Waals surface area contributed by atoms with E-state index in [1.165, 1.54) is 14.2 Å². The van der Waals surface area contributed by atoms with Gasteiger partial charge in [0.25, 0.3) is 11.1 Å². The predicted octanol–water partition coefficient (Wildman–Crippen LogP) is 2.52. The maximum atomic E-state index is 12.3. The molecule has 0 saturated carbocycles. The van der Waals surface area contributed by atoms with Gasteiger partial charge in [-0.2, -0.15) is 0 Å². The molecule has 9 heteroatoms. The average molecular weight is 487 g/mol. The number of methoxy groups -OCH3 is 2. The summed E-state index contributed by atoms with van der Waals surface area (Å²) in [5.41, 5.74) is 0.642. The molecule has 1 heterocycles. The summed E-state index contributed by atoms with van der Waals surface area (Å²) >= 11 is 2.82. The van der Waals surface area contributed by atoms with E-state index in [-0.39, 0.29) is 11.5 Å². The second-order valence-electron chi connectivity index (χ2n) is 4.87. The van der Waals surface area contributed by atoms with E-state index in [9.17, 15) is 14.4 Å². The lowest BCUT2D eigenvalue weighted by molar-refractivity contribution is -0.143. The van der Waals surface area contributed by atoms with Gasteiger partial charge < -0.3 is 14.2 Å². The average Bonchev–Trinajstić information content (AvgIpc) is 2.87. The fraction of sp³-hybridized carbons (Fsp3) is 0.235. The minimum absolute atomic E-state index is 0.0954. The lowest BCUT2D eigenvalue weighted by Crippen LogP contribution is -2.34. The molecule has 0 aliphatic carbocycles. The normalized spacial score (nSPS) is 15.2. The van der Waals surface area contributed by atoms with Crippen LogP contribution in [0.25, 0.3) is 6.08 Å². The number of thioether (sulfide) groups is 1. The van der Waals surface area contributed by atoms with Crippen molar-refractivity contribution in [3.05, 3.63) is 26.2 Å². The highest BCUT2D eigenvalue weighted by Crippen LogP contribution is 2.37. The molecule has 1 fully saturated rings. The van der Waals surface area contributed by atoms with Gasteiger partial charge in [0.15, 0.2) is 11.5 Å². The number of rotatable bonds is 6. The van der Waals surface area contributed by atoms with Crippen LogP contribution in [0, 0.1) is 15.9 Å². The topological polar surface area (TPSA) is 82.1 Å². The van der Waals surface area contributed by atoms with Crippen LogP contribution < -0.4 is 9.47 Å². The van der Waals surface area contributed by atoms with Crippen LogP contribution in [0.15, 0.2) is 17.0 Å². The molecule has 1 aromatic carbocycles. The lowest BCUT2D eigenvalue weighted by Gasteiger charge is -2.12. The molecule has 26 heavy (non-hydrogen) atoms. The summed E-state index contributed by atoms with van der Waals surface area (Å²) in [4.78, 5) is 36.7. The Hall–Kier alpha value is -2.19. The van der Waals surface area contributed by atoms with Crippen LogP contribution in [-0.2, 0) is 14.3 Å². The third-order valence-electron chi connectivity index (χ3n) is 3.24. The molecule has 2 rings (SSSR count). The van der Waals surface area contributed by atoms with Crippen LogP contribution in [0.5, 0.6) is 11.5 Å². The zero-order valence-electron chi connectivity index (χ0n) is 13.9. The van der Waals surface area contributed by atoms with Crippen molar-refractivity contribution in [2.75, 3.05) is 27.4 Å². The van der Waals surface area contributed by atoms with Crippen LogP contribution in [0.1, 0.15) is 5.56 Å². The fourth-order valence-corrected chi connectivity index (χ4v) is 3.68. The van der Waals surface area contributed by atoms with Crippen molar-refractivity contribution in [2.24, 2.45) is 0 Å². The monoisotopic (exact) mass is 487 g/mol. The second kappa shape index (κ2) is 8.95. The third-order valence-corrected chi connectivity index (χ3v) is 4.95. The molecule has 1 aliphatic heterocycles. The number of hydrogen-bond donors (Lipinski definition) is 0. The van der Waals surface area contributed by atoms with Crippen LogP contribution in [0.4, 0.5) is 4.79 Å². The minimum Gasteiger partial charge on any atom is -0.493 e. The second-order valence-corrected chi connectivity index (χ2v) is 7.03. The molecule has 0 aromatic heterocycles. The molecule has 136 valence electrons. The van der Waals surface area contributed by atoms with Crippen molar-refractivity contribution in [1.29, 1.82) is 0 Å². The molecule has 0 radical (unpaired) electrons. The number of hydrogen-bond acceptors (Lipinski definition) is 7. The Bertz CT molecular complexity index is 829. The Morgan fingerprint density at radius 2 is 2.12 bits per heavy atom. The van der Waals surface area contributed by atoms with E-state index in [2.05, 4.69) is 33.2 Å². The molecule has 0 N–H and O–H groups in total. The number of amides is 2. The largest absolute Gasteiger partial charge is 0.493 e. The first-order chi connectivity index (χ1) is 12.4. The molecule has 2 amide bonds. The SMILES string of the molecule is C#CCOc1c(I)cc(C=C2SC(=O)N(CC(=O)OC)C2=O)cc1OC. The number of benzene rings is 1. The summed E-state index contributed by atoms with van der Waals surface area (Å²) in [6.45, 7) is -0.323. The zero-order chi connectivity index (χ0) is 19.3. The first-order valence-corrected chi connectivity index (χ1v) is 9.06. The number of carbonyl (C=O) groups excluding carboxylic acids is 3. The smallest absolute Gasteiger partial charge is 0.325 e. The summed E-state index contributed by atoms with van der Waals surface area (Å²) < 4.78 is 16.0. The molecule has 0 atom stereocenters. The van der Waals surface area contributed by atoms with Crippen molar-refractivity contribution in [2.45, 2.75) is 0 Å². The van der Waals surface area contributed by atoms with Gasteiger partial charge in [-0.3, -0.25) is 19.3 Å². The highest BCUT2D eigenvalue weighted by atomic mass is 127.